The average molecular weight is 417 g/mol. The van der Waals surface area contributed by atoms with E-state index >= 15 is 0 Å². The van der Waals surface area contributed by atoms with Gasteiger partial charge in [-0.15, -0.1) is 11.3 Å². The first-order chi connectivity index (χ1) is 14.0. The van der Waals surface area contributed by atoms with Crippen LogP contribution in [-0.2, 0) is 16.0 Å². The Labute approximate surface area is 172 Å². The van der Waals surface area contributed by atoms with Crippen LogP contribution < -0.4 is 10.1 Å². The number of benzene rings is 1. The van der Waals surface area contributed by atoms with Gasteiger partial charge in [-0.05, 0) is 42.8 Å². The minimum atomic E-state index is -0.489. The van der Waals surface area contributed by atoms with E-state index in [4.69, 9.17) is 4.74 Å². The largest absolute Gasteiger partial charge is 0.484 e. The maximum absolute atomic E-state index is 12.3. The lowest BCUT2D eigenvalue weighted by Gasteiger charge is -2.31. The first-order valence-electron chi connectivity index (χ1n) is 9.48. The third-order valence-corrected chi connectivity index (χ3v) is 5.82. The van der Waals surface area contributed by atoms with Gasteiger partial charge in [0.25, 0.3) is 11.6 Å². The number of nitro benzene ring substituents is 1. The number of thiophene rings is 1. The molecule has 1 fully saturated rings. The second kappa shape index (κ2) is 10.0. The lowest BCUT2D eigenvalue weighted by atomic mass is 9.96. The molecule has 2 aromatic rings. The summed E-state index contributed by atoms with van der Waals surface area (Å²) < 4.78 is 5.43. The second-order valence-corrected chi connectivity index (χ2v) is 7.85. The number of ether oxygens (including phenoxy) is 1. The van der Waals surface area contributed by atoms with Crippen molar-refractivity contribution in [3.63, 3.8) is 0 Å². The summed E-state index contributed by atoms with van der Waals surface area (Å²) >= 11 is 1.68. The molecule has 8 nitrogen and oxygen atoms in total. The van der Waals surface area contributed by atoms with Gasteiger partial charge in [-0.1, -0.05) is 6.07 Å². The molecule has 1 aliphatic rings. The van der Waals surface area contributed by atoms with Crippen LogP contribution in [0.4, 0.5) is 5.69 Å². The van der Waals surface area contributed by atoms with Crippen molar-refractivity contribution < 1.29 is 19.2 Å². The molecule has 3 rings (SSSR count). The summed E-state index contributed by atoms with van der Waals surface area (Å²) in [5, 5.41) is 15.7. The number of amides is 2. The molecule has 29 heavy (non-hydrogen) atoms. The van der Waals surface area contributed by atoms with Crippen LogP contribution in [0.25, 0.3) is 0 Å². The number of hydrogen-bond donors (Lipinski definition) is 1. The van der Waals surface area contributed by atoms with Gasteiger partial charge in [-0.2, -0.15) is 0 Å². The van der Waals surface area contributed by atoms with Crippen LogP contribution in [0.15, 0.2) is 41.8 Å². The van der Waals surface area contributed by atoms with Crippen molar-refractivity contribution >= 4 is 28.8 Å². The predicted molar refractivity (Wildman–Crippen MR) is 109 cm³/mol. The highest BCUT2D eigenvalue weighted by Crippen LogP contribution is 2.19. The molecule has 1 aromatic carbocycles. The Bertz CT molecular complexity index is 830. The third kappa shape index (κ3) is 6.02. The number of nitrogens with zero attached hydrogens (tertiary/aromatic N) is 2. The number of hydrogen-bond acceptors (Lipinski definition) is 6. The SMILES string of the molecule is O=C(NCCc1cccs1)C1CCN(C(=O)COc2ccc([N+](=O)[O-])cc2)CC1. The number of likely N-dealkylation sites (tertiary alicyclic amines) is 1. The van der Waals surface area contributed by atoms with Crippen molar-refractivity contribution in [2.45, 2.75) is 19.3 Å². The zero-order chi connectivity index (χ0) is 20.6. The fourth-order valence-corrected chi connectivity index (χ4v) is 3.91. The Morgan fingerprint density at radius 3 is 2.55 bits per heavy atom. The maximum atomic E-state index is 12.3. The molecule has 1 saturated heterocycles. The van der Waals surface area contributed by atoms with Crippen molar-refractivity contribution in [2.75, 3.05) is 26.2 Å². The highest BCUT2D eigenvalue weighted by Gasteiger charge is 2.27. The molecule has 0 radical (unpaired) electrons. The smallest absolute Gasteiger partial charge is 0.269 e. The van der Waals surface area contributed by atoms with Crippen LogP contribution in [0.5, 0.6) is 5.75 Å². The number of rotatable bonds is 8. The molecule has 1 aromatic heterocycles. The molecule has 0 atom stereocenters. The van der Waals surface area contributed by atoms with Crippen molar-refractivity contribution in [3.05, 3.63) is 56.8 Å². The molecule has 0 unspecified atom stereocenters. The first-order valence-corrected chi connectivity index (χ1v) is 10.4. The van der Waals surface area contributed by atoms with E-state index in [1.165, 1.54) is 29.1 Å². The predicted octanol–water partition coefficient (Wildman–Crippen LogP) is 2.63. The Balaban J connectivity index is 1.36. The summed E-state index contributed by atoms with van der Waals surface area (Å²) in [7, 11) is 0. The highest BCUT2D eigenvalue weighted by molar-refractivity contribution is 7.09. The number of non-ortho nitro benzene ring substituents is 1. The minimum absolute atomic E-state index is 0.0283. The molecule has 0 spiro atoms. The molecule has 2 amide bonds. The number of nitrogens with one attached hydrogen (secondary N) is 1. The molecular weight excluding hydrogens is 394 g/mol. The van der Waals surface area contributed by atoms with Crippen molar-refractivity contribution in [3.8, 4) is 5.75 Å². The van der Waals surface area contributed by atoms with Crippen molar-refractivity contribution in [1.82, 2.24) is 10.2 Å². The standard InChI is InChI=1S/C20H23N3O5S/c24-19(14-28-17-5-3-16(4-6-17)23(26)27)22-11-8-15(9-12-22)20(25)21-10-7-18-2-1-13-29-18/h1-6,13,15H,7-12,14H2,(H,21,25). The number of piperidine rings is 1. The number of carbonyl (C=O) groups is 2. The number of nitro groups is 1. The van der Waals surface area contributed by atoms with E-state index in [1.807, 2.05) is 11.4 Å². The van der Waals surface area contributed by atoms with E-state index in [2.05, 4.69) is 11.4 Å². The normalized spacial score (nSPS) is 14.4. The lowest BCUT2D eigenvalue weighted by molar-refractivity contribution is -0.384. The molecule has 0 saturated carbocycles. The summed E-state index contributed by atoms with van der Waals surface area (Å²) in [4.78, 5) is 37.7. The van der Waals surface area contributed by atoms with Crippen LogP contribution in [0.3, 0.4) is 0 Å². The summed E-state index contributed by atoms with van der Waals surface area (Å²) in [6, 6.07) is 9.67. The fourth-order valence-electron chi connectivity index (χ4n) is 3.20. The third-order valence-electron chi connectivity index (χ3n) is 4.88. The van der Waals surface area contributed by atoms with Gasteiger partial charge in [0.05, 0.1) is 4.92 Å². The van der Waals surface area contributed by atoms with E-state index in [0.29, 0.717) is 38.2 Å². The van der Waals surface area contributed by atoms with Crippen LogP contribution in [0, 0.1) is 16.0 Å². The Morgan fingerprint density at radius 2 is 1.93 bits per heavy atom. The fraction of sp³-hybridized carbons (Fsp3) is 0.400. The molecule has 0 bridgehead atoms. The summed E-state index contributed by atoms with van der Waals surface area (Å²) in [5.41, 5.74) is -0.0283. The van der Waals surface area contributed by atoms with Gasteiger partial charge < -0.3 is 15.0 Å². The Kier molecular flexibility index (Phi) is 7.18. The summed E-state index contributed by atoms with van der Waals surface area (Å²) in [5.74, 6) is 0.234. The van der Waals surface area contributed by atoms with Gasteiger partial charge >= 0.3 is 0 Å². The van der Waals surface area contributed by atoms with Crippen LogP contribution in [0.2, 0.25) is 0 Å². The zero-order valence-electron chi connectivity index (χ0n) is 15.9. The second-order valence-electron chi connectivity index (χ2n) is 6.82. The van der Waals surface area contributed by atoms with E-state index in [1.54, 1.807) is 16.2 Å². The van der Waals surface area contributed by atoms with Crippen molar-refractivity contribution in [2.24, 2.45) is 5.92 Å². The molecule has 1 aliphatic heterocycles. The van der Waals surface area contributed by atoms with E-state index < -0.39 is 4.92 Å². The average Bonchev–Trinajstić information content (AvgIpc) is 3.26. The van der Waals surface area contributed by atoms with Crippen LogP contribution >= 0.6 is 11.3 Å². The van der Waals surface area contributed by atoms with Crippen LogP contribution in [0.1, 0.15) is 17.7 Å². The Hall–Kier alpha value is -2.94. The minimum Gasteiger partial charge on any atom is -0.484 e. The number of carbonyl (C=O) groups excluding carboxylic acids is 2. The lowest BCUT2D eigenvalue weighted by Crippen LogP contribution is -2.44. The summed E-state index contributed by atoms with van der Waals surface area (Å²) in [6.45, 7) is 1.54. The quantitative estimate of drug-likeness (QED) is 0.525. The molecule has 1 N–H and O–H groups in total. The molecule has 9 heteroatoms. The Morgan fingerprint density at radius 1 is 1.21 bits per heavy atom. The topological polar surface area (TPSA) is 102 Å². The molecule has 0 aliphatic carbocycles. The van der Waals surface area contributed by atoms with E-state index in [9.17, 15) is 19.7 Å². The zero-order valence-corrected chi connectivity index (χ0v) is 16.7. The molecule has 154 valence electrons. The highest BCUT2D eigenvalue weighted by atomic mass is 32.1. The van der Waals surface area contributed by atoms with Gasteiger partial charge in [-0.25, -0.2) is 0 Å². The molecule has 2 heterocycles. The van der Waals surface area contributed by atoms with E-state index in [0.717, 1.165) is 6.42 Å². The van der Waals surface area contributed by atoms with Gasteiger partial charge in [0.1, 0.15) is 5.75 Å². The van der Waals surface area contributed by atoms with Gasteiger partial charge in [0.2, 0.25) is 5.91 Å². The maximum Gasteiger partial charge on any atom is 0.269 e. The van der Waals surface area contributed by atoms with Gasteiger partial charge in [-0.3, -0.25) is 19.7 Å². The van der Waals surface area contributed by atoms with Gasteiger partial charge in [0.15, 0.2) is 6.61 Å². The molecular formula is C20H23N3O5S. The monoisotopic (exact) mass is 417 g/mol. The first kappa shape index (κ1) is 20.8. The summed E-state index contributed by atoms with van der Waals surface area (Å²) in [6.07, 6.45) is 2.10. The van der Waals surface area contributed by atoms with Crippen molar-refractivity contribution in [1.29, 1.82) is 0 Å². The van der Waals surface area contributed by atoms with Gasteiger partial charge in [0, 0.05) is 42.6 Å². The van der Waals surface area contributed by atoms with Crippen LogP contribution in [-0.4, -0.2) is 47.9 Å². The van der Waals surface area contributed by atoms with E-state index in [-0.39, 0.29) is 30.0 Å².